The Labute approximate surface area is 168 Å². The van der Waals surface area contributed by atoms with Crippen molar-refractivity contribution < 1.29 is 13.2 Å². The van der Waals surface area contributed by atoms with Crippen molar-refractivity contribution in [2.75, 3.05) is 26.7 Å². The second-order valence-corrected chi connectivity index (χ2v) is 8.35. The highest BCUT2D eigenvalue weighted by Crippen LogP contribution is 2.35. The van der Waals surface area contributed by atoms with Gasteiger partial charge in [0.15, 0.2) is 0 Å². The minimum Gasteiger partial charge on any atom is -0.496 e. The second-order valence-electron chi connectivity index (χ2n) is 5.97. The minimum atomic E-state index is -3.74. The maximum Gasteiger partial charge on any atom is 0.245 e. The molecule has 7 nitrogen and oxygen atoms in total. The fraction of sp³-hybridized carbons (Fsp3) is 0.294. The van der Waals surface area contributed by atoms with Gasteiger partial charge in [-0.3, -0.25) is 0 Å². The molecule has 4 rings (SSSR count). The van der Waals surface area contributed by atoms with Crippen molar-refractivity contribution in [3.63, 3.8) is 0 Å². The van der Waals surface area contributed by atoms with Gasteiger partial charge < -0.3 is 10.1 Å². The number of piperazine rings is 1. The van der Waals surface area contributed by atoms with Gasteiger partial charge in [-0.1, -0.05) is 24.3 Å². The molecule has 0 spiro atoms. The summed E-state index contributed by atoms with van der Waals surface area (Å²) in [5, 5.41) is 3.28. The van der Waals surface area contributed by atoms with Gasteiger partial charge in [-0.15, -0.1) is 12.4 Å². The Morgan fingerprint density at radius 1 is 1.19 bits per heavy atom. The number of fused-ring (bicyclic) bond motifs is 1. The van der Waals surface area contributed by atoms with E-state index in [1.54, 1.807) is 25.3 Å². The van der Waals surface area contributed by atoms with Gasteiger partial charge in [-0.05, 0) is 18.2 Å². The number of rotatable bonds is 4. The number of nitrogens with zero attached hydrogens (tertiary/aromatic N) is 3. The Morgan fingerprint density at radius 2 is 2.00 bits per heavy atom. The number of ether oxygens (including phenoxy) is 1. The lowest BCUT2D eigenvalue weighted by molar-refractivity contribution is 0.265. The summed E-state index contributed by atoms with van der Waals surface area (Å²) in [5.74, 6) is 0.676. The number of halogens is 1. The molecule has 2 heterocycles. The number of hydrogen-bond acceptors (Lipinski definition) is 7. The molecule has 1 aliphatic heterocycles. The molecule has 0 aliphatic carbocycles. The van der Waals surface area contributed by atoms with Crippen molar-refractivity contribution in [2.24, 2.45) is 0 Å². The summed E-state index contributed by atoms with van der Waals surface area (Å²) in [6.45, 7) is 1.49. The number of benzene rings is 2. The molecular formula is C17H19ClN4O3S2. The highest BCUT2D eigenvalue weighted by atomic mass is 35.5. The van der Waals surface area contributed by atoms with Crippen LogP contribution in [0.15, 0.2) is 47.4 Å². The number of para-hydroxylation sites is 1. The fourth-order valence-corrected chi connectivity index (χ4v) is 5.66. The summed E-state index contributed by atoms with van der Waals surface area (Å²) in [5.41, 5.74) is 1.87. The highest BCUT2D eigenvalue weighted by molar-refractivity contribution is 7.89. The van der Waals surface area contributed by atoms with E-state index in [9.17, 15) is 8.42 Å². The zero-order valence-electron chi connectivity index (χ0n) is 14.5. The van der Waals surface area contributed by atoms with Gasteiger partial charge in [-0.2, -0.15) is 13.1 Å². The predicted molar refractivity (Wildman–Crippen MR) is 107 cm³/mol. The molecule has 0 bridgehead atoms. The molecule has 1 aromatic heterocycles. The normalized spacial score (nSPS) is 18.2. The Hall–Kier alpha value is -1.78. The smallest absolute Gasteiger partial charge is 0.245 e. The first-order chi connectivity index (χ1) is 12.6. The lowest BCUT2D eigenvalue weighted by atomic mass is 10.0. The van der Waals surface area contributed by atoms with Crippen LogP contribution in [-0.4, -0.2) is 48.2 Å². The Morgan fingerprint density at radius 3 is 2.81 bits per heavy atom. The van der Waals surface area contributed by atoms with Crippen LogP contribution >= 0.6 is 24.1 Å². The van der Waals surface area contributed by atoms with Crippen LogP contribution < -0.4 is 10.1 Å². The van der Waals surface area contributed by atoms with Gasteiger partial charge in [0.25, 0.3) is 0 Å². The van der Waals surface area contributed by atoms with Gasteiger partial charge in [0, 0.05) is 25.2 Å². The van der Waals surface area contributed by atoms with Crippen molar-refractivity contribution in [2.45, 2.75) is 10.9 Å². The molecule has 2 aromatic carbocycles. The van der Waals surface area contributed by atoms with Crippen LogP contribution in [0.2, 0.25) is 0 Å². The largest absolute Gasteiger partial charge is 0.496 e. The topological polar surface area (TPSA) is 84.4 Å². The highest BCUT2D eigenvalue weighted by Gasteiger charge is 2.37. The Balaban J connectivity index is 0.00000210. The van der Waals surface area contributed by atoms with Crippen molar-refractivity contribution in [1.82, 2.24) is 18.4 Å². The van der Waals surface area contributed by atoms with Crippen molar-refractivity contribution in [3.05, 3.63) is 48.0 Å². The van der Waals surface area contributed by atoms with Crippen molar-refractivity contribution in [1.29, 1.82) is 0 Å². The molecule has 144 valence electrons. The van der Waals surface area contributed by atoms with Gasteiger partial charge >= 0.3 is 0 Å². The summed E-state index contributed by atoms with van der Waals surface area (Å²) in [7, 11) is -2.15. The molecule has 3 aromatic rings. The monoisotopic (exact) mass is 426 g/mol. The van der Waals surface area contributed by atoms with Gasteiger partial charge in [0.05, 0.1) is 24.9 Å². The molecule has 1 fully saturated rings. The standard InChI is InChI=1S/C17H18N4O3S2.ClH/c1-24-15-7-3-2-5-12(15)14-11-18-9-10-21(14)26(22,23)16-8-4-6-13-17(16)20-25-19-13;/h2-8,14,18H,9-11H2,1H3;1H. The quantitative estimate of drug-likeness (QED) is 0.689. The summed E-state index contributed by atoms with van der Waals surface area (Å²) in [6.07, 6.45) is 0. The Kier molecular flexibility index (Phi) is 5.97. The molecule has 0 radical (unpaired) electrons. The zero-order chi connectivity index (χ0) is 18.1. The third kappa shape index (κ3) is 3.53. The predicted octanol–water partition coefficient (Wildman–Crippen LogP) is 2.46. The van der Waals surface area contributed by atoms with E-state index in [0.29, 0.717) is 36.4 Å². The van der Waals surface area contributed by atoms with Crippen molar-refractivity contribution >= 4 is 45.2 Å². The second kappa shape index (κ2) is 8.07. The molecule has 0 saturated carbocycles. The van der Waals surface area contributed by atoms with Crippen LogP contribution in [0.1, 0.15) is 11.6 Å². The van der Waals surface area contributed by atoms with E-state index >= 15 is 0 Å². The van der Waals surface area contributed by atoms with Gasteiger partial charge in [0.2, 0.25) is 10.0 Å². The number of methoxy groups -OCH3 is 1. The third-order valence-electron chi connectivity index (χ3n) is 4.53. The average Bonchev–Trinajstić information content (AvgIpc) is 3.16. The summed E-state index contributed by atoms with van der Waals surface area (Å²) >= 11 is 1.02. The van der Waals surface area contributed by atoms with E-state index < -0.39 is 10.0 Å². The summed E-state index contributed by atoms with van der Waals surface area (Å²) in [6, 6.07) is 12.2. The first kappa shape index (κ1) is 20.0. The van der Waals surface area contributed by atoms with E-state index in [4.69, 9.17) is 4.74 Å². The van der Waals surface area contributed by atoms with Crippen LogP contribution in [0.25, 0.3) is 11.0 Å². The first-order valence-corrected chi connectivity index (χ1v) is 10.4. The summed E-state index contributed by atoms with van der Waals surface area (Å²) < 4.78 is 42.3. The number of nitrogens with one attached hydrogen (secondary N) is 1. The molecular weight excluding hydrogens is 408 g/mol. The van der Waals surface area contributed by atoms with Gasteiger partial charge in [-0.25, -0.2) is 8.42 Å². The summed E-state index contributed by atoms with van der Waals surface area (Å²) in [4.78, 5) is 0.200. The zero-order valence-corrected chi connectivity index (χ0v) is 17.0. The van der Waals surface area contributed by atoms with Crippen LogP contribution in [-0.2, 0) is 10.0 Å². The SMILES string of the molecule is COc1ccccc1C1CNCCN1S(=O)(=O)c1cccc2nsnc12.Cl. The van der Waals surface area contributed by atoms with E-state index in [2.05, 4.69) is 14.1 Å². The number of aromatic nitrogens is 2. The number of hydrogen-bond donors (Lipinski definition) is 1. The van der Waals surface area contributed by atoms with E-state index in [1.165, 1.54) is 4.31 Å². The van der Waals surface area contributed by atoms with Crippen LogP contribution in [0.3, 0.4) is 0 Å². The maximum absolute atomic E-state index is 13.5. The molecule has 1 aliphatic rings. The Bertz CT molecular complexity index is 1040. The van der Waals surface area contributed by atoms with Crippen LogP contribution in [0.5, 0.6) is 5.75 Å². The minimum absolute atomic E-state index is 0. The molecule has 0 amide bonds. The van der Waals surface area contributed by atoms with E-state index in [1.807, 2.05) is 24.3 Å². The molecule has 1 unspecified atom stereocenters. The maximum atomic E-state index is 13.5. The lowest BCUT2D eigenvalue weighted by Gasteiger charge is -2.36. The van der Waals surface area contributed by atoms with Gasteiger partial charge in [0.1, 0.15) is 21.7 Å². The fourth-order valence-electron chi connectivity index (χ4n) is 3.30. The first-order valence-electron chi connectivity index (χ1n) is 8.19. The molecule has 10 heteroatoms. The van der Waals surface area contributed by atoms with Crippen LogP contribution in [0, 0.1) is 0 Å². The lowest BCUT2D eigenvalue weighted by Crippen LogP contribution is -2.48. The van der Waals surface area contributed by atoms with Crippen LogP contribution in [0.4, 0.5) is 0 Å². The molecule has 1 saturated heterocycles. The molecule has 27 heavy (non-hydrogen) atoms. The molecule has 1 atom stereocenters. The molecule has 1 N–H and O–H groups in total. The van der Waals surface area contributed by atoms with E-state index in [0.717, 1.165) is 17.3 Å². The van der Waals surface area contributed by atoms with E-state index in [-0.39, 0.29) is 23.3 Å². The number of sulfonamides is 1. The average molecular weight is 427 g/mol. The third-order valence-corrected chi connectivity index (χ3v) is 7.01. The van der Waals surface area contributed by atoms with Crippen molar-refractivity contribution in [3.8, 4) is 5.75 Å².